The number of benzene rings is 1. The molecule has 0 spiro atoms. The fourth-order valence-corrected chi connectivity index (χ4v) is 2.92. The first kappa shape index (κ1) is 13.4. The van der Waals surface area contributed by atoms with E-state index in [9.17, 15) is 13.2 Å². The van der Waals surface area contributed by atoms with Crippen LogP contribution in [0.3, 0.4) is 0 Å². The number of rotatable bonds is 2. The first-order chi connectivity index (χ1) is 9.61. The molecule has 1 saturated heterocycles. The summed E-state index contributed by atoms with van der Waals surface area (Å²) in [5.41, 5.74) is 0.224. The molecule has 1 aromatic carbocycles. The van der Waals surface area contributed by atoms with Crippen molar-refractivity contribution in [1.82, 2.24) is 14.5 Å². The van der Waals surface area contributed by atoms with Gasteiger partial charge in [0.05, 0.1) is 11.8 Å². The Labute approximate surface area is 115 Å². The molecule has 3 rings (SSSR count). The fraction of sp³-hybridized carbons (Fsp3) is 0.500. The second kappa shape index (κ2) is 5.09. The molecule has 2 aromatic rings. The molecule has 6 heteroatoms. The summed E-state index contributed by atoms with van der Waals surface area (Å²) in [6, 6.07) is 0.998. The van der Waals surface area contributed by atoms with Crippen LogP contribution in [0.25, 0.3) is 11.0 Å². The van der Waals surface area contributed by atoms with Crippen LogP contribution in [0.2, 0.25) is 0 Å². The summed E-state index contributed by atoms with van der Waals surface area (Å²) in [6.07, 6.45) is 3.38. The molecule has 0 aliphatic carbocycles. The topological polar surface area (TPSA) is 21.1 Å². The van der Waals surface area contributed by atoms with E-state index < -0.39 is 17.5 Å². The van der Waals surface area contributed by atoms with E-state index in [4.69, 9.17) is 0 Å². The second-order valence-electron chi connectivity index (χ2n) is 5.20. The summed E-state index contributed by atoms with van der Waals surface area (Å²) in [6.45, 7) is 4.80. The number of hydrogen-bond donors (Lipinski definition) is 0. The molecule has 1 fully saturated rings. The number of fused-ring (bicyclic) bond motifs is 1. The highest BCUT2D eigenvalue weighted by Crippen LogP contribution is 2.28. The van der Waals surface area contributed by atoms with Crippen molar-refractivity contribution in [3.63, 3.8) is 0 Å². The van der Waals surface area contributed by atoms with E-state index in [0.717, 1.165) is 38.5 Å². The van der Waals surface area contributed by atoms with Gasteiger partial charge in [0.25, 0.3) is 0 Å². The SMILES string of the molecule is CCN1CCCC(n2cnc3cc(F)c(F)c(F)c32)C1. The lowest BCUT2D eigenvalue weighted by atomic mass is 10.1. The number of piperidine rings is 1. The maximum absolute atomic E-state index is 14.0. The average molecular weight is 283 g/mol. The van der Waals surface area contributed by atoms with Crippen LogP contribution in [0.15, 0.2) is 12.4 Å². The number of halogens is 3. The van der Waals surface area contributed by atoms with Gasteiger partial charge in [0.15, 0.2) is 17.5 Å². The third-order valence-electron chi connectivity index (χ3n) is 4.02. The third-order valence-corrected chi connectivity index (χ3v) is 4.02. The molecule has 108 valence electrons. The number of likely N-dealkylation sites (tertiary alicyclic amines) is 1. The van der Waals surface area contributed by atoms with E-state index in [2.05, 4.69) is 16.8 Å². The highest BCUT2D eigenvalue weighted by Gasteiger charge is 2.25. The molecule has 1 aliphatic rings. The quantitative estimate of drug-likeness (QED) is 0.790. The van der Waals surface area contributed by atoms with Crippen LogP contribution < -0.4 is 0 Å². The van der Waals surface area contributed by atoms with E-state index in [1.54, 1.807) is 4.57 Å². The molecule has 3 nitrogen and oxygen atoms in total. The molecule has 0 radical (unpaired) electrons. The number of aromatic nitrogens is 2. The van der Waals surface area contributed by atoms with E-state index in [1.807, 2.05) is 0 Å². The minimum Gasteiger partial charge on any atom is -0.324 e. The molecule has 0 bridgehead atoms. The first-order valence-corrected chi connectivity index (χ1v) is 6.84. The molecule has 20 heavy (non-hydrogen) atoms. The lowest BCUT2D eigenvalue weighted by molar-refractivity contribution is 0.187. The van der Waals surface area contributed by atoms with E-state index in [0.29, 0.717) is 0 Å². The van der Waals surface area contributed by atoms with Crippen LogP contribution in [-0.4, -0.2) is 34.1 Å². The van der Waals surface area contributed by atoms with E-state index in [1.165, 1.54) is 6.33 Å². The summed E-state index contributed by atoms with van der Waals surface area (Å²) in [5, 5.41) is 0. The number of likely N-dealkylation sites (N-methyl/N-ethyl adjacent to an activating group) is 1. The van der Waals surface area contributed by atoms with Crippen LogP contribution in [0, 0.1) is 17.5 Å². The summed E-state index contributed by atoms with van der Waals surface area (Å²) >= 11 is 0. The Bertz CT molecular complexity index is 638. The van der Waals surface area contributed by atoms with Gasteiger partial charge in [-0.25, -0.2) is 18.2 Å². The minimum absolute atomic E-state index is 0.0491. The van der Waals surface area contributed by atoms with Gasteiger partial charge in [-0.3, -0.25) is 0 Å². The molecule has 2 heterocycles. The zero-order chi connectivity index (χ0) is 14.3. The second-order valence-corrected chi connectivity index (χ2v) is 5.20. The van der Waals surface area contributed by atoms with E-state index >= 15 is 0 Å². The summed E-state index contributed by atoms with van der Waals surface area (Å²) in [7, 11) is 0. The Morgan fingerprint density at radius 1 is 1.30 bits per heavy atom. The fourth-order valence-electron chi connectivity index (χ4n) is 2.92. The van der Waals surface area contributed by atoms with E-state index in [-0.39, 0.29) is 17.1 Å². The molecule has 0 saturated carbocycles. The molecule has 0 N–H and O–H groups in total. The molecule has 1 aliphatic heterocycles. The molecule has 1 aromatic heterocycles. The Morgan fingerprint density at radius 2 is 2.10 bits per heavy atom. The molecular weight excluding hydrogens is 267 g/mol. The lowest BCUT2D eigenvalue weighted by Crippen LogP contribution is -2.36. The van der Waals surface area contributed by atoms with Crippen molar-refractivity contribution >= 4 is 11.0 Å². The maximum atomic E-state index is 14.0. The van der Waals surface area contributed by atoms with Gasteiger partial charge in [-0.15, -0.1) is 0 Å². The zero-order valence-electron chi connectivity index (χ0n) is 11.2. The van der Waals surface area contributed by atoms with Gasteiger partial charge in [0, 0.05) is 18.7 Å². The van der Waals surface area contributed by atoms with Gasteiger partial charge in [0.2, 0.25) is 0 Å². The largest absolute Gasteiger partial charge is 0.324 e. The summed E-state index contributed by atoms with van der Waals surface area (Å²) in [5.74, 6) is -3.77. The first-order valence-electron chi connectivity index (χ1n) is 6.84. The van der Waals surface area contributed by atoms with Gasteiger partial charge in [0.1, 0.15) is 5.52 Å². The van der Waals surface area contributed by atoms with Gasteiger partial charge < -0.3 is 9.47 Å². The highest BCUT2D eigenvalue weighted by atomic mass is 19.2. The number of hydrogen-bond acceptors (Lipinski definition) is 2. The van der Waals surface area contributed by atoms with Crippen LogP contribution in [0.5, 0.6) is 0 Å². The van der Waals surface area contributed by atoms with Gasteiger partial charge in [-0.2, -0.15) is 0 Å². The van der Waals surface area contributed by atoms with Crippen molar-refractivity contribution in [2.75, 3.05) is 19.6 Å². The Balaban J connectivity index is 2.06. The predicted octanol–water partition coefficient (Wildman–Crippen LogP) is 3.11. The lowest BCUT2D eigenvalue weighted by Gasteiger charge is -2.32. The standard InChI is InChI=1S/C14H16F3N3/c1-2-19-5-3-4-9(7-19)20-8-18-11-6-10(15)12(16)13(17)14(11)20/h6,8-9H,2-5,7H2,1H3. The molecule has 0 amide bonds. The molecule has 1 atom stereocenters. The average Bonchev–Trinajstić information content (AvgIpc) is 2.88. The number of nitrogens with zero attached hydrogens (tertiary/aromatic N) is 3. The summed E-state index contributed by atoms with van der Waals surface area (Å²) < 4.78 is 42.3. The normalized spacial score (nSPS) is 20.7. The minimum atomic E-state index is -1.43. The van der Waals surface area contributed by atoms with Crippen molar-refractivity contribution in [1.29, 1.82) is 0 Å². The maximum Gasteiger partial charge on any atom is 0.196 e. The van der Waals surface area contributed by atoms with Crippen molar-refractivity contribution < 1.29 is 13.2 Å². The van der Waals surface area contributed by atoms with Crippen molar-refractivity contribution in [2.45, 2.75) is 25.8 Å². The van der Waals surface area contributed by atoms with Crippen LogP contribution in [0.4, 0.5) is 13.2 Å². The van der Waals surface area contributed by atoms with Crippen molar-refractivity contribution in [3.05, 3.63) is 29.8 Å². The van der Waals surface area contributed by atoms with Gasteiger partial charge in [-0.1, -0.05) is 6.92 Å². The number of imidazole rings is 1. The Hall–Kier alpha value is -1.56. The Kier molecular flexibility index (Phi) is 3.41. The predicted molar refractivity (Wildman–Crippen MR) is 70.0 cm³/mol. The highest BCUT2D eigenvalue weighted by molar-refractivity contribution is 5.76. The zero-order valence-corrected chi connectivity index (χ0v) is 11.2. The van der Waals surface area contributed by atoms with Crippen molar-refractivity contribution in [3.8, 4) is 0 Å². The van der Waals surface area contributed by atoms with Crippen LogP contribution >= 0.6 is 0 Å². The molecular formula is C14H16F3N3. The smallest absolute Gasteiger partial charge is 0.196 e. The van der Waals surface area contributed by atoms with Crippen LogP contribution in [0.1, 0.15) is 25.8 Å². The third kappa shape index (κ3) is 2.08. The van der Waals surface area contributed by atoms with Crippen LogP contribution in [-0.2, 0) is 0 Å². The van der Waals surface area contributed by atoms with Gasteiger partial charge >= 0.3 is 0 Å². The Morgan fingerprint density at radius 3 is 2.85 bits per heavy atom. The monoisotopic (exact) mass is 283 g/mol. The van der Waals surface area contributed by atoms with Crippen molar-refractivity contribution in [2.24, 2.45) is 0 Å². The summed E-state index contributed by atoms with van der Waals surface area (Å²) in [4.78, 5) is 6.27. The van der Waals surface area contributed by atoms with Gasteiger partial charge in [-0.05, 0) is 25.9 Å². The molecule has 1 unspecified atom stereocenters.